The number of halogens is 2. The Morgan fingerprint density at radius 1 is 1.32 bits per heavy atom. The third kappa shape index (κ3) is 3.25. The summed E-state index contributed by atoms with van der Waals surface area (Å²) in [5.74, 6) is -1.70. The maximum atomic E-state index is 13.4. The molecule has 0 aliphatic carbocycles. The van der Waals surface area contributed by atoms with Crippen LogP contribution in [0.25, 0.3) is 0 Å². The van der Waals surface area contributed by atoms with Crippen LogP contribution in [0.1, 0.15) is 36.4 Å². The van der Waals surface area contributed by atoms with Crippen LogP contribution in [0, 0.1) is 11.6 Å². The average Bonchev–Trinajstić information content (AvgIpc) is 3.13. The first-order valence-electron chi connectivity index (χ1n) is 7.33. The molecule has 7 heteroatoms. The van der Waals surface area contributed by atoms with Gasteiger partial charge in [-0.25, -0.2) is 8.78 Å². The van der Waals surface area contributed by atoms with Gasteiger partial charge in [-0.2, -0.15) is 0 Å². The summed E-state index contributed by atoms with van der Waals surface area (Å²) in [5, 5.41) is 13.3. The van der Waals surface area contributed by atoms with Crippen LogP contribution in [-0.4, -0.2) is 22.8 Å². The maximum Gasteiger partial charge on any atom is 0.205 e. The van der Waals surface area contributed by atoms with Crippen LogP contribution < -0.4 is 5.32 Å². The molecule has 1 fully saturated rings. The SMILES string of the molecule is CCCc1nnc(NC2CCOC2c2ccc(F)c(F)c2)s1. The van der Waals surface area contributed by atoms with Crippen LogP contribution in [-0.2, 0) is 11.2 Å². The van der Waals surface area contributed by atoms with Crippen LogP contribution in [0.3, 0.4) is 0 Å². The van der Waals surface area contributed by atoms with E-state index in [1.54, 1.807) is 6.07 Å². The molecule has 2 aromatic rings. The summed E-state index contributed by atoms with van der Waals surface area (Å²) < 4.78 is 32.1. The minimum absolute atomic E-state index is 0.0210. The van der Waals surface area contributed by atoms with E-state index < -0.39 is 11.6 Å². The average molecular weight is 325 g/mol. The molecule has 1 aliphatic rings. The van der Waals surface area contributed by atoms with Gasteiger partial charge >= 0.3 is 0 Å². The predicted molar refractivity (Wildman–Crippen MR) is 81.0 cm³/mol. The van der Waals surface area contributed by atoms with Crippen molar-refractivity contribution in [1.82, 2.24) is 10.2 Å². The fraction of sp³-hybridized carbons (Fsp3) is 0.467. The lowest BCUT2D eigenvalue weighted by atomic mass is 10.0. The standard InChI is InChI=1S/C15H17F2N3OS/c1-2-3-13-19-20-15(22-13)18-12-6-7-21-14(12)9-4-5-10(16)11(17)8-9/h4-5,8,12,14H,2-3,6-7H2,1H3,(H,18,20). The zero-order valence-electron chi connectivity index (χ0n) is 12.2. The minimum atomic E-state index is -0.854. The zero-order chi connectivity index (χ0) is 15.5. The van der Waals surface area contributed by atoms with Crippen molar-refractivity contribution in [2.75, 3.05) is 11.9 Å². The van der Waals surface area contributed by atoms with Crippen molar-refractivity contribution in [3.8, 4) is 0 Å². The Morgan fingerprint density at radius 2 is 2.18 bits per heavy atom. The topological polar surface area (TPSA) is 47.0 Å². The van der Waals surface area contributed by atoms with Gasteiger partial charge in [0.25, 0.3) is 0 Å². The fourth-order valence-electron chi connectivity index (χ4n) is 2.54. The molecule has 22 heavy (non-hydrogen) atoms. The number of nitrogens with zero attached hydrogens (tertiary/aromatic N) is 2. The van der Waals surface area contributed by atoms with Gasteiger partial charge in [-0.05, 0) is 30.5 Å². The van der Waals surface area contributed by atoms with Crippen LogP contribution >= 0.6 is 11.3 Å². The molecule has 2 atom stereocenters. The molecular weight excluding hydrogens is 308 g/mol. The highest BCUT2D eigenvalue weighted by molar-refractivity contribution is 7.15. The van der Waals surface area contributed by atoms with E-state index in [-0.39, 0.29) is 12.1 Å². The molecule has 0 radical (unpaired) electrons. The minimum Gasteiger partial charge on any atom is -0.371 e. The second-order valence-corrected chi connectivity index (χ2v) is 6.32. The summed E-state index contributed by atoms with van der Waals surface area (Å²) in [6.07, 6.45) is 2.41. The number of rotatable bonds is 5. The molecule has 1 aliphatic heterocycles. The summed E-state index contributed by atoms with van der Waals surface area (Å²) in [5.41, 5.74) is 0.632. The molecule has 1 aromatic heterocycles. The van der Waals surface area contributed by atoms with Gasteiger partial charge in [-0.1, -0.05) is 24.3 Å². The molecule has 0 spiro atoms. The Balaban J connectivity index is 1.73. The van der Waals surface area contributed by atoms with E-state index in [4.69, 9.17) is 4.74 Å². The number of ether oxygens (including phenoxy) is 1. The van der Waals surface area contributed by atoms with E-state index in [9.17, 15) is 8.78 Å². The molecule has 0 saturated carbocycles. The smallest absolute Gasteiger partial charge is 0.205 e. The Kier molecular flexibility index (Phi) is 4.63. The van der Waals surface area contributed by atoms with Crippen LogP contribution in [0.15, 0.2) is 18.2 Å². The maximum absolute atomic E-state index is 13.4. The van der Waals surface area contributed by atoms with E-state index in [1.807, 2.05) is 0 Å². The summed E-state index contributed by atoms with van der Waals surface area (Å²) in [4.78, 5) is 0. The van der Waals surface area contributed by atoms with E-state index in [0.717, 1.165) is 35.5 Å². The fourth-order valence-corrected chi connectivity index (χ4v) is 3.44. The third-order valence-electron chi connectivity index (χ3n) is 3.60. The van der Waals surface area contributed by atoms with Crippen LogP contribution in [0.5, 0.6) is 0 Å². The largest absolute Gasteiger partial charge is 0.371 e. The second kappa shape index (κ2) is 6.66. The van der Waals surface area contributed by atoms with E-state index >= 15 is 0 Å². The van der Waals surface area contributed by atoms with Crippen molar-refractivity contribution < 1.29 is 13.5 Å². The quantitative estimate of drug-likeness (QED) is 0.910. The summed E-state index contributed by atoms with van der Waals surface area (Å²) in [6.45, 7) is 2.67. The molecule has 1 N–H and O–H groups in total. The summed E-state index contributed by atoms with van der Waals surface area (Å²) in [6, 6.07) is 3.87. The van der Waals surface area contributed by atoms with Crippen LogP contribution in [0.2, 0.25) is 0 Å². The highest BCUT2D eigenvalue weighted by Crippen LogP contribution is 2.32. The first-order chi connectivity index (χ1) is 10.7. The van der Waals surface area contributed by atoms with Gasteiger partial charge in [0.1, 0.15) is 11.1 Å². The Labute approximate surface area is 131 Å². The van der Waals surface area contributed by atoms with Crippen LogP contribution in [0.4, 0.5) is 13.9 Å². The second-order valence-electron chi connectivity index (χ2n) is 5.26. The Bertz CT molecular complexity index is 649. The van der Waals surface area contributed by atoms with E-state index in [2.05, 4.69) is 22.4 Å². The lowest BCUT2D eigenvalue weighted by Crippen LogP contribution is -2.23. The zero-order valence-corrected chi connectivity index (χ0v) is 13.0. The summed E-state index contributed by atoms with van der Waals surface area (Å²) >= 11 is 1.52. The van der Waals surface area contributed by atoms with Crippen molar-refractivity contribution in [2.45, 2.75) is 38.3 Å². The monoisotopic (exact) mass is 325 g/mol. The van der Waals surface area contributed by atoms with Gasteiger partial charge in [0, 0.05) is 13.0 Å². The van der Waals surface area contributed by atoms with Crippen molar-refractivity contribution in [3.05, 3.63) is 40.4 Å². The number of nitrogens with one attached hydrogen (secondary N) is 1. The number of hydrogen-bond donors (Lipinski definition) is 1. The molecule has 2 unspecified atom stereocenters. The molecule has 118 valence electrons. The third-order valence-corrected chi connectivity index (χ3v) is 4.52. The molecule has 1 aromatic carbocycles. The van der Waals surface area contributed by atoms with Crippen molar-refractivity contribution in [3.63, 3.8) is 0 Å². The lowest BCUT2D eigenvalue weighted by molar-refractivity contribution is 0.107. The first-order valence-corrected chi connectivity index (χ1v) is 8.14. The normalized spacial score (nSPS) is 21.2. The highest BCUT2D eigenvalue weighted by atomic mass is 32.1. The van der Waals surface area contributed by atoms with Crippen molar-refractivity contribution in [2.24, 2.45) is 0 Å². The van der Waals surface area contributed by atoms with E-state index in [0.29, 0.717) is 12.2 Å². The predicted octanol–water partition coefficient (Wildman–Crippen LogP) is 3.71. The number of anilines is 1. The van der Waals surface area contributed by atoms with Gasteiger partial charge in [0.05, 0.1) is 6.04 Å². The molecule has 4 nitrogen and oxygen atoms in total. The van der Waals surface area contributed by atoms with Gasteiger partial charge in [0.15, 0.2) is 11.6 Å². The van der Waals surface area contributed by atoms with Crippen molar-refractivity contribution >= 4 is 16.5 Å². The van der Waals surface area contributed by atoms with Gasteiger partial charge < -0.3 is 10.1 Å². The molecule has 0 amide bonds. The molecular formula is C15H17F2N3OS. The number of benzene rings is 1. The Morgan fingerprint density at radius 3 is 2.95 bits per heavy atom. The lowest BCUT2D eigenvalue weighted by Gasteiger charge is -2.19. The van der Waals surface area contributed by atoms with Gasteiger partial charge in [-0.3, -0.25) is 0 Å². The Hall–Kier alpha value is -1.60. The highest BCUT2D eigenvalue weighted by Gasteiger charge is 2.31. The summed E-state index contributed by atoms with van der Waals surface area (Å²) in [7, 11) is 0. The molecule has 0 bridgehead atoms. The molecule has 1 saturated heterocycles. The van der Waals surface area contributed by atoms with E-state index in [1.165, 1.54) is 17.4 Å². The van der Waals surface area contributed by atoms with Crippen molar-refractivity contribution in [1.29, 1.82) is 0 Å². The molecule has 3 rings (SSSR count). The van der Waals surface area contributed by atoms with Gasteiger partial charge in [-0.15, -0.1) is 10.2 Å². The number of aryl methyl sites for hydroxylation is 1. The first kappa shape index (κ1) is 15.3. The van der Waals surface area contributed by atoms with Gasteiger partial charge in [0.2, 0.25) is 5.13 Å². The molecule has 2 heterocycles. The number of aromatic nitrogens is 2. The number of hydrogen-bond acceptors (Lipinski definition) is 5.